The summed E-state index contributed by atoms with van der Waals surface area (Å²) in [6.45, 7) is 9.80. The maximum atomic E-state index is 13.2. The van der Waals surface area contributed by atoms with Crippen LogP contribution in [0.25, 0.3) is 0 Å². The number of carbonyl (C=O) groups is 1. The molecule has 1 aromatic rings. The third-order valence-corrected chi connectivity index (χ3v) is 2.79. The molecule has 0 saturated carbocycles. The van der Waals surface area contributed by atoms with Crippen LogP contribution in [0.2, 0.25) is 0 Å². The van der Waals surface area contributed by atoms with Crippen molar-refractivity contribution in [2.45, 2.75) is 52.3 Å². The smallest absolute Gasteiger partial charge is 0.408 e. The average molecular weight is 312 g/mol. The quantitative estimate of drug-likeness (QED) is 0.782. The van der Waals surface area contributed by atoms with Crippen molar-refractivity contribution in [3.05, 3.63) is 29.6 Å². The van der Waals surface area contributed by atoms with E-state index in [1.54, 1.807) is 26.8 Å². The molecule has 0 unspecified atom stereocenters. The fraction of sp³-hybridized carbons (Fsp3) is 0.562. The van der Waals surface area contributed by atoms with E-state index >= 15 is 0 Å². The molecule has 0 aliphatic carbocycles. The second-order valence-electron chi connectivity index (χ2n) is 6.86. The number of ether oxygens (including phenoxy) is 1. The molecule has 0 heterocycles. The molecule has 1 amide bonds. The van der Waals surface area contributed by atoms with Crippen molar-refractivity contribution in [2.24, 2.45) is 0 Å². The van der Waals surface area contributed by atoms with Gasteiger partial charge in [0.1, 0.15) is 5.60 Å². The summed E-state index contributed by atoms with van der Waals surface area (Å²) in [4.78, 5) is 11.8. The fourth-order valence-electron chi connectivity index (χ4n) is 1.84. The largest absolute Gasteiger partial charge is 0.505 e. The monoisotopic (exact) mass is 312 g/mol. The number of phenols is 1. The van der Waals surface area contributed by atoms with Crippen molar-refractivity contribution in [3.63, 3.8) is 0 Å². The van der Waals surface area contributed by atoms with Gasteiger partial charge >= 0.3 is 6.09 Å². The molecule has 1 rings (SSSR count). The van der Waals surface area contributed by atoms with Crippen molar-refractivity contribution in [1.29, 1.82) is 0 Å². The van der Waals surface area contributed by atoms with E-state index < -0.39 is 23.1 Å². The number of para-hydroxylation sites is 1. The van der Waals surface area contributed by atoms with Crippen molar-refractivity contribution >= 4 is 6.09 Å². The van der Waals surface area contributed by atoms with E-state index in [4.69, 9.17) is 4.74 Å². The third-order valence-electron chi connectivity index (χ3n) is 2.79. The van der Waals surface area contributed by atoms with Gasteiger partial charge in [-0.1, -0.05) is 12.1 Å². The fourth-order valence-corrected chi connectivity index (χ4v) is 1.84. The molecule has 0 saturated heterocycles. The zero-order chi connectivity index (χ0) is 17.0. The lowest BCUT2D eigenvalue weighted by Crippen LogP contribution is -2.51. The minimum absolute atomic E-state index is 0.295. The first-order valence-corrected chi connectivity index (χ1v) is 7.18. The molecule has 0 aliphatic rings. The number of hydrogen-bond acceptors (Lipinski definition) is 4. The molecular formula is C16H25FN2O3. The second kappa shape index (κ2) is 6.96. The van der Waals surface area contributed by atoms with Crippen LogP contribution in [0.15, 0.2) is 18.2 Å². The van der Waals surface area contributed by atoms with Crippen LogP contribution in [0.4, 0.5) is 9.18 Å². The maximum absolute atomic E-state index is 13.2. The van der Waals surface area contributed by atoms with Crippen molar-refractivity contribution < 1.29 is 19.0 Å². The van der Waals surface area contributed by atoms with Gasteiger partial charge in [0.2, 0.25) is 0 Å². The van der Waals surface area contributed by atoms with E-state index in [0.717, 1.165) is 0 Å². The number of hydrogen-bond donors (Lipinski definition) is 3. The highest BCUT2D eigenvalue weighted by Crippen LogP contribution is 2.20. The lowest BCUT2D eigenvalue weighted by Gasteiger charge is -2.29. The van der Waals surface area contributed by atoms with Gasteiger partial charge in [-0.25, -0.2) is 9.18 Å². The van der Waals surface area contributed by atoms with Crippen molar-refractivity contribution in [2.75, 3.05) is 6.54 Å². The van der Waals surface area contributed by atoms with Gasteiger partial charge in [0, 0.05) is 18.7 Å². The molecule has 1 aromatic carbocycles. The summed E-state index contributed by atoms with van der Waals surface area (Å²) < 4.78 is 18.4. The summed E-state index contributed by atoms with van der Waals surface area (Å²) in [6, 6.07) is 4.38. The van der Waals surface area contributed by atoms with Gasteiger partial charge in [-0.3, -0.25) is 0 Å². The minimum atomic E-state index is -0.648. The van der Waals surface area contributed by atoms with Gasteiger partial charge in [0.15, 0.2) is 11.6 Å². The van der Waals surface area contributed by atoms with E-state index in [2.05, 4.69) is 10.6 Å². The van der Waals surface area contributed by atoms with Gasteiger partial charge in [-0.05, 0) is 40.7 Å². The summed E-state index contributed by atoms with van der Waals surface area (Å²) >= 11 is 0. The van der Waals surface area contributed by atoms with E-state index in [1.807, 2.05) is 13.8 Å². The molecular weight excluding hydrogens is 287 g/mol. The number of rotatable bonds is 5. The summed E-state index contributed by atoms with van der Waals surface area (Å²) in [7, 11) is 0. The zero-order valence-corrected chi connectivity index (χ0v) is 13.8. The Morgan fingerprint density at radius 3 is 2.50 bits per heavy atom. The van der Waals surface area contributed by atoms with Crippen LogP contribution in [-0.2, 0) is 11.3 Å². The van der Waals surface area contributed by atoms with Gasteiger partial charge in [-0.2, -0.15) is 0 Å². The molecule has 3 N–H and O–H groups in total. The number of nitrogens with one attached hydrogen (secondary N) is 2. The minimum Gasteiger partial charge on any atom is -0.505 e. The lowest BCUT2D eigenvalue weighted by atomic mass is 10.1. The Hall–Kier alpha value is -1.82. The van der Waals surface area contributed by atoms with E-state index in [1.165, 1.54) is 12.1 Å². The van der Waals surface area contributed by atoms with Crippen molar-refractivity contribution in [3.8, 4) is 5.75 Å². The topological polar surface area (TPSA) is 70.6 Å². The Balaban J connectivity index is 2.49. The Bertz CT molecular complexity index is 525. The van der Waals surface area contributed by atoms with E-state index in [9.17, 15) is 14.3 Å². The Kier molecular flexibility index (Phi) is 5.77. The number of amides is 1. The standard InChI is InChI=1S/C16H25FN2O3/c1-15(2,3)22-14(21)19-16(4,5)10-18-9-11-7-6-8-12(17)13(11)20/h6-8,18,20H,9-10H2,1-5H3,(H,19,21). The molecule has 0 aliphatic heterocycles. The number of carbonyl (C=O) groups excluding carboxylic acids is 1. The molecule has 0 atom stereocenters. The van der Waals surface area contributed by atoms with Gasteiger partial charge in [0.25, 0.3) is 0 Å². The molecule has 0 bridgehead atoms. The first-order valence-electron chi connectivity index (χ1n) is 7.18. The van der Waals surface area contributed by atoms with E-state index in [0.29, 0.717) is 18.7 Å². The zero-order valence-electron chi connectivity index (χ0n) is 13.8. The molecule has 124 valence electrons. The average Bonchev–Trinajstić information content (AvgIpc) is 2.31. The van der Waals surface area contributed by atoms with Crippen LogP contribution in [0.5, 0.6) is 5.75 Å². The van der Waals surface area contributed by atoms with Crippen LogP contribution in [0.1, 0.15) is 40.2 Å². The lowest BCUT2D eigenvalue weighted by molar-refractivity contribution is 0.0472. The summed E-state index contributed by atoms with van der Waals surface area (Å²) in [6.07, 6.45) is -0.493. The molecule has 0 aromatic heterocycles. The van der Waals surface area contributed by atoms with Crippen LogP contribution >= 0.6 is 0 Å². The number of halogens is 1. The highest BCUT2D eigenvalue weighted by atomic mass is 19.1. The molecule has 0 fully saturated rings. The van der Waals surface area contributed by atoms with Crippen molar-refractivity contribution in [1.82, 2.24) is 10.6 Å². The third kappa shape index (κ3) is 6.30. The van der Waals surface area contributed by atoms with Crippen LogP contribution in [0.3, 0.4) is 0 Å². The first kappa shape index (κ1) is 18.2. The normalized spacial score (nSPS) is 12.1. The predicted molar refractivity (Wildman–Crippen MR) is 83.2 cm³/mol. The Morgan fingerprint density at radius 2 is 1.91 bits per heavy atom. The van der Waals surface area contributed by atoms with Crippen LogP contribution in [-0.4, -0.2) is 28.9 Å². The summed E-state index contributed by atoms with van der Waals surface area (Å²) in [5.74, 6) is -1.00. The summed E-state index contributed by atoms with van der Waals surface area (Å²) in [5.41, 5.74) is -0.639. The number of phenolic OH excluding ortho intramolecular Hbond substituents is 1. The van der Waals surface area contributed by atoms with E-state index in [-0.39, 0.29) is 5.75 Å². The SMILES string of the molecule is CC(C)(CNCc1cccc(F)c1O)NC(=O)OC(C)(C)C. The highest BCUT2D eigenvalue weighted by Gasteiger charge is 2.24. The molecule has 6 heteroatoms. The van der Waals surface area contributed by atoms with Gasteiger partial charge < -0.3 is 20.5 Å². The number of alkyl carbamates (subject to hydrolysis) is 1. The molecule has 5 nitrogen and oxygen atoms in total. The number of aromatic hydroxyl groups is 1. The Morgan fingerprint density at radius 1 is 1.27 bits per heavy atom. The van der Waals surface area contributed by atoms with Gasteiger partial charge in [0.05, 0.1) is 5.54 Å². The van der Waals surface area contributed by atoms with Crippen LogP contribution < -0.4 is 10.6 Å². The maximum Gasteiger partial charge on any atom is 0.408 e. The number of benzene rings is 1. The Labute approximate surface area is 130 Å². The second-order valence-corrected chi connectivity index (χ2v) is 6.86. The molecule has 0 spiro atoms. The predicted octanol–water partition coefficient (Wildman–Crippen LogP) is 2.92. The molecule has 22 heavy (non-hydrogen) atoms. The van der Waals surface area contributed by atoms with Gasteiger partial charge in [-0.15, -0.1) is 0 Å². The first-order chi connectivity index (χ1) is 10.0. The highest BCUT2D eigenvalue weighted by molar-refractivity contribution is 5.68. The summed E-state index contributed by atoms with van der Waals surface area (Å²) in [5, 5.41) is 15.4. The molecule has 0 radical (unpaired) electrons. The van der Waals surface area contributed by atoms with Crippen LogP contribution in [0, 0.1) is 5.82 Å².